The lowest BCUT2D eigenvalue weighted by atomic mass is 10.2. The minimum absolute atomic E-state index is 0.0776. The molecule has 2 aliphatic heterocycles. The molecule has 0 unspecified atom stereocenters. The molecule has 2 aliphatic rings. The third-order valence-corrected chi connectivity index (χ3v) is 6.46. The maximum absolute atomic E-state index is 12.5. The smallest absolute Gasteiger partial charge is 0.270 e. The molecule has 7 heteroatoms. The largest absolute Gasteiger partial charge is 0.357 e. The predicted molar refractivity (Wildman–Crippen MR) is 114 cm³/mol. The summed E-state index contributed by atoms with van der Waals surface area (Å²) < 4.78 is 0. The Labute approximate surface area is 171 Å². The van der Waals surface area contributed by atoms with Crippen LogP contribution in [-0.2, 0) is 0 Å². The molecule has 0 spiro atoms. The number of carbonyl (C=O) groups excluding carboxylic acids is 1. The molecule has 0 aromatic carbocycles. The third-order valence-electron chi connectivity index (χ3n) is 5.57. The number of nitrogens with one attached hydrogen (secondary N) is 1. The molecule has 2 saturated heterocycles. The predicted octanol–water partition coefficient (Wildman–Crippen LogP) is 3.41. The van der Waals surface area contributed by atoms with Gasteiger partial charge in [-0.2, -0.15) is 0 Å². The minimum atomic E-state index is -0.0776. The van der Waals surface area contributed by atoms with Crippen molar-refractivity contribution in [2.45, 2.75) is 38.5 Å². The maximum atomic E-state index is 12.5. The Morgan fingerprint density at radius 2 is 1.82 bits per heavy atom. The zero-order valence-corrected chi connectivity index (χ0v) is 17.2. The van der Waals surface area contributed by atoms with Crippen LogP contribution in [0.1, 0.15) is 49.0 Å². The van der Waals surface area contributed by atoms with Crippen molar-refractivity contribution in [2.24, 2.45) is 0 Å². The summed E-state index contributed by atoms with van der Waals surface area (Å²) in [6.07, 6.45) is 9.50. The van der Waals surface area contributed by atoms with E-state index in [2.05, 4.69) is 31.2 Å². The zero-order chi connectivity index (χ0) is 19.2. The second-order valence-corrected chi connectivity index (χ2v) is 8.50. The lowest BCUT2D eigenvalue weighted by molar-refractivity contribution is 0.0944. The molecule has 150 valence electrons. The second-order valence-electron chi connectivity index (χ2n) is 7.65. The summed E-state index contributed by atoms with van der Waals surface area (Å²) >= 11 is 1.52. The first kappa shape index (κ1) is 19.3. The molecule has 0 radical (unpaired) electrons. The molecule has 1 N–H and O–H groups in total. The third kappa shape index (κ3) is 4.89. The molecule has 6 nitrogen and oxygen atoms in total. The van der Waals surface area contributed by atoms with Crippen LogP contribution < -0.4 is 10.2 Å². The fraction of sp³-hybridized carbons (Fsp3) is 0.571. The number of anilines is 1. The summed E-state index contributed by atoms with van der Waals surface area (Å²) in [5, 5.41) is 5.76. The van der Waals surface area contributed by atoms with Crippen LogP contribution in [0.15, 0.2) is 23.7 Å². The Hall–Kier alpha value is -1.99. The first-order chi connectivity index (χ1) is 13.8. The van der Waals surface area contributed by atoms with E-state index in [1.807, 2.05) is 17.6 Å². The van der Waals surface area contributed by atoms with Crippen molar-refractivity contribution in [3.05, 3.63) is 29.4 Å². The summed E-state index contributed by atoms with van der Waals surface area (Å²) in [5.74, 6) is 0.930. The van der Waals surface area contributed by atoms with Crippen LogP contribution >= 0.6 is 11.3 Å². The molecule has 4 rings (SSSR count). The van der Waals surface area contributed by atoms with E-state index in [1.165, 1.54) is 49.9 Å². The van der Waals surface area contributed by atoms with Crippen LogP contribution in [0.25, 0.3) is 10.6 Å². The van der Waals surface area contributed by atoms with Gasteiger partial charge in [-0.25, -0.2) is 9.97 Å². The normalized spacial score (nSPS) is 18.2. The molecule has 2 aromatic heterocycles. The van der Waals surface area contributed by atoms with Gasteiger partial charge in [0.2, 0.25) is 0 Å². The molecule has 0 atom stereocenters. The minimum Gasteiger partial charge on any atom is -0.357 e. The molecule has 0 saturated carbocycles. The molecule has 28 heavy (non-hydrogen) atoms. The maximum Gasteiger partial charge on any atom is 0.270 e. The first-order valence-corrected chi connectivity index (χ1v) is 11.3. The van der Waals surface area contributed by atoms with Gasteiger partial charge in [-0.05, 0) is 50.9 Å². The number of pyridine rings is 1. The van der Waals surface area contributed by atoms with E-state index in [0.29, 0.717) is 12.2 Å². The zero-order valence-electron chi connectivity index (χ0n) is 16.4. The standard InChI is InChI=1S/C21H29N5OS/c27-20(23-9-14-25-10-3-1-2-4-11-25)18-16-28-21(24-18)17-7-8-22-19(15-17)26-12-5-6-13-26/h7-8,15-16H,1-6,9-14H2,(H,23,27). The van der Waals surface area contributed by atoms with Crippen molar-refractivity contribution in [3.63, 3.8) is 0 Å². The highest BCUT2D eigenvalue weighted by Crippen LogP contribution is 2.27. The van der Waals surface area contributed by atoms with Gasteiger partial charge in [0.05, 0.1) is 0 Å². The molecule has 4 heterocycles. The van der Waals surface area contributed by atoms with E-state index in [9.17, 15) is 4.79 Å². The van der Waals surface area contributed by atoms with Gasteiger partial charge < -0.3 is 15.1 Å². The Morgan fingerprint density at radius 1 is 1.07 bits per heavy atom. The van der Waals surface area contributed by atoms with Crippen molar-refractivity contribution < 1.29 is 4.79 Å². The van der Waals surface area contributed by atoms with Crippen molar-refractivity contribution in [3.8, 4) is 10.6 Å². The van der Waals surface area contributed by atoms with Crippen LogP contribution in [0.4, 0.5) is 5.82 Å². The van der Waals surface area contributed by atoms with Crippen LogP contribution in [0.2, 0.25) is 0 Å². The van der Waals surface area contributed by atoms with Crippen LogP contribution in [0, 0.1) is 0 Å². The summed E-state index contributed by atoms with van der Waals surface area (Å²) in [4.78, 5) is 26.3. The van der Waals surface area contributed by atoms with Crippen LogP contribution in [0.5, 0.6) is 0 Å². The monoisotopic (exact) mass is 399 g/mol. The van der Waals surface area contributed by atoms with Gasteiger partial charge in [-0.1, -0.05) is 12.8 Å². The Morgan fingerprint density at radius 3 is 2.61 bits per heavy atom. The van der Waals surface area contributed by atoms with E-state index >= 15 is 0 Å². The number of thiazole rings is 1. The van der Waals surface area contributed by atoms with E-state index < -0.39 is 0 Å². The average Bonchev–Trinajstić information content (AvgIpc) is 3.37. The highest BCUT2D eigenvalue weighted by molar-refractivity contribution is 7.13. The first-order valence-electron chi connectivity index (χ1n) is 10.5. The lowest BCUT2D eigenvalue weighted by Crippen LogP contribution is -2.35. The summed E-state index contributed by atoms with van der Waals surface area (Å²) in [5.41, 5.74) is 1.54. The molecule has 0 aliphatic carbocycles. The SMILES string of the molecule is O=C(NCCN1CCCCCC1)c1csc(-c2ccnc(N3CCCC3)c2)n1. The van der Waals surface area contributed by atoms with E-state index in [1.54, 1.807) is 0 Å². The van der Waals surface area contributed by atoms with Gasteiger partial charge in [-0.15, -0.1) is 11.3 Å². The Balaban J connectivity index is 1.33. The number of rotatable bonds is 6. The van der Waals surface area contributed by atoms with Gasteiger partial charge >= 0.3 is 0 Å². The van der Waals surface area contributed by atoms with Crippen molar-refractivity contribution in [1.82, 2.24) is 20.2 Å². The molecule has 2 fully saturated rings. The number of amides is 1. The number of likely N-dealkylation sites (tertiary alicyclic amines) is 1. The number of carbonyl (C=O) groups is 1. The van der Waals surface area contributed by atoms with E-state index in [4.69, 9.17) is 0 Å². The van der Waals surface area contributed by atoms with Gasteiger partial charge in [0.15, 0.2) is 0 Å². The summed E-state index contributed by atoms with van der Waals surface area (Å²) in [6.45, 7) is 6.04. The quantitative estimate of drug-likeness (QED) is 0.807. The number of aromatic nitrogens is 2. The topological polar surface area (TPSA) is 61.4 Å². The molecule has 1 amide bonds. The Bertz CT molecular complexity index is 779. The molecular formula is C21H29N5OS. The van der Waals surface area contributed by atoms with Crippen molar-refractivity contribution in [2.75, 3.05) is 44.2 Å². The van der Waals surface area contributed by atoms with Crippen LogP contribution in [-0.4, -0.2) is 60.0 Å². The summed E-state index contributed by atoms with van der Waals surface area (Å²) in [7, 11) is 0. The number of hydrogen-bond acceptors (Lipinski definition) is 6. The number of nitrogens with zero attached hydrogens (tertiary/aromatic N) is 4. The highest BCUT2D eigenvalue weighted by Gasteiger charge is 2.16. The van der Waals surface area contributed by atoms with Gasteiger partial charge in [0.1, 0.15) is 16.5 Å². The summed E-state index contributed by atoms with van der Waals surface area (Å²) in [6, 6.07) is 4.06. The van der Waals surface area contributed by atoms with Gasteiger partial charge in [-0.3, -0.25) is 4.79 Å². The Kier molecular flexibility index (Phi) is 6.54. The molecule has 0 bridgehead atoms. The highest BCUT2D eigenvalue weighted by atomic mass is 32.1. The van der Waals surface area contributed by atoms with Crippen molar-refractivity contribution >= 4 is 23.1 Å². The average molecular weight is 400 g/mol. The second kappa shape index (κ2) is 9.47. The van der Waals surface area contributed by atoms with Crippen molar-refractivity contribution in [1.29, 1.82) is 0 Å². The molecular weight excluding hydrogens is 370 g/mol. The fourth-order valence-corrected chi connectivity index (χ4v) is 4.76. The van der Waals surface area contributed by atoms with Gasteiger partial charge in [0, 0.05) is 43.3 Å². The van der Waals surface area contributed by atoms with E-state index in [0.717, 1.165) is 49.1 Å². The van der Waals surface area contributed by atoms with E-state index in [-0.39, 0.29) is 5.91 Å². The fourth-order valence-electron chi connectivity index (χ4n) is 3.96. The van der Waals surface area contributed by atoms with Gasteiger partial charge in [0.25, 0.3) is 5.91 Å². The molecule has 2 aromatic rings. The lowest BCUT2D eigenvalue weighted by Gasteiger charge is -2.19. The van der Waals surface area contributed by atoms with Crippen LogP contribution in [0.3, 0.4) is 0 Å². The number of hydrogen-bond donors (Lipinski definition) is 1.